The minimum absolute atomic E-state index is 0.231. The summed E-state index contributed by atoms with van der Waals surface area (Å²) >= 11 is 1.26. The van der Waals surface area contributed by atoms with E-state index in [1.807, 2.05) is 31.2 Å². The maximum Gasteiger partial charge on any atom is 0.104 e. The number of aliphatic hydroxyl groups is 1. The van der Waals surface area contributed by atoms with Gasteiger partial charge < -0.3 is 9.29 Å². The molecule has 0 saturated heterocycles. The van der Waals surface area contributed by atoms with E-state index in [2.05, 4.69) is 6.58 Å². The molecule has 0 bridgehead atoms. The summed E-state index contributed by atoms with van der Waals surface area (Å²) in [5.41, 5.74) is 0.259. The lowest BCUT2D eigenvalue weighted by atomic mass is 10.1. The number of aryl methyl sites for hydroxylation is 1. The lowest BCUT2D eigenvalue weighted by molar-refractivity contribution is 0.0633. The van der Waals surface area contributed by atoms with Gasteiger partial charge in [-0.05, 0) is 26.0 Å². The molecule has 0 amide bonds. The van der Waals surface area contributed by atoms with Gasteiger partial charge in [0.2, 0.25) is 0 Å². The molecular formula is C12H16O2S. The molecule has 2 nitrogen and oxygen atoms in total. The molecule has 1 aromatic rings. The third kappa shape index (κ3) is 4.51. The Morgan fingerprint density at radius 1 is 1.47 bits per heavy atom. The molecule has 1 aromatic carbocycles. The summed E-state index contributed by atoms with van der Waals surface area (Å²) in [6.07, 6.45) is 1.47. The van der Waals surface area contributed by atoms with E-state index in [9.17, 15) is 5.11 Å². The van der Waals surface area contributed by atoms with E-state index in [4.69, 9.17) is 4.18 Å². The van der Waals surface area contributed by atoms with Crippen molar-refractivity contribution in [3.8, 4) is 0 Å². The van der Waals surface area contributed by atoms with Gasteiger partial charge in [-0.2, -0.15) is 0 Å². The summed E-state index contributed by atoms with van der Waals surface area (Å²) in [6.45, 7) is 7.46. The molecule has 0 heterocycles. The van der Waals surface area contributed by atoms with Gasteiger partial charge in [0.25, 0.3) is 0 Å². The van der Waals surface area contributed by atoms with Crippen LogP contribution in [0.3, 0.4) is 0 Å². The van der Waals surface area contributed by atoms with Gasteiger partial charge in [-0.25, -0.2) is 0 Å². The van der Waals surface area contributed by atoms with Crippen molar-refractivity contribution < 1.29 is 9.29 Å². The molecule has 1 rings (SSSR count). The summed E-state index contributed by atoms with van der Waals surface area (Å²) in [6, 6.07) is 8.03. The normalized spacial score (nSPS) is 14.6. The molecule has 82 valence electrons. The zero-order valence-electron chi connectivity index (χ0n) is 9.06. The Labute approximate surface area is 95.2 Å². The molecule has 0 radical (unpaired) electrons. The van der Waals surface area contributed by atoms with Crippen molar-refractivity contribution in [3.63, 3.8) is 0 Å². The van der Waals surface area contributed by atoms with Crippen molar-refractivity contribution in [1.82, 2.24) is 0 Å². The SMILES string of the molecule is C=C[C@@](C)(O)COSc1ccc(C)cc1. The highest BCUT2D eigenvalue weighted by atomic mass is 32.2. The van der Waals surface area contributed by atoms with Crippen LogP contribution in [-0.4, -0.2) is 17.3 Å². The number of hydrogen-bond acceptors (Lipinski definition) is 3. The third-order valence-corrected chi connectivity index (χ3v) is 2.67. The smallest absolute Gasteiger partial charge is 0.104 e. The number of benzene rings is 1. The van der Waals surface area contributed by atoms with E-state index in [1.165, 1.54) is 23.7 Å². The summed E-state index contributed by atoms with van der Waals surface area (Å²) in [7, 11) is 0. The van der Waals surface area contributed by atoms with Gasteiger partial charge in [-0.3, -0.25) is 0 Å². The van der Waals surface area contributed by atoms with Gasteiger partial charge >= 0.3 is 0 Å². The Kier molecular flexibility index (Phi) is 4.39. The molecule has 0 unspecified atom stereocenters. The monoisotopic (exact) mass is 224 g/mol. The van der Waals surface area contributed by atoms with Gasteiger partial charge in [0.05, 0.1) is 6.61 Å². The van der Waals surface area contributed by atoms with E-state index in [0.29, 0.717) is 0 Å². The highest BCUT2D eigenvalue weighted by Crippen LogP contribution is 2.21. The van der Waals surface area contributed by atoms with Crippen LogP contribution in [0.25, 0.3) is 0 Å². The van der Waals surface area contributed by atoms with E-state index >= 15 is 0 Å². The summed E-state index contributed by atoms with van der Waals surface area (Å²) < 4.78 is 5.31. The molecule has 0 aliphatic carbocycles. The molecule has 15 heavy (non-hydrogen) atoms. The van der Waals surface area contributed by atoms with Crippen molar-refractivity contribution in [3.05, 3.63) is 42.5 Å². The summed E-state index contributed by atoms with van der Waals surface area (Å²) in [5.74, 6) is 0. The van der Waals surface area contributed by atoms with Crippen molar-refractivity contribution in [2.75, 3.05) is 6.61 Å². The van der Waals surface area contributed by atoms with Crippen LogP contribution in [0.4, 0.5) is 0 Å². The highest BCUT2D eigenvalue weighted by Gasteiger charge is 2.15. The average Bonchev–Trinajstić information content (AvgIpc) is 2.21. The molecular weight excluding hydrogens is 208 g/mol. The first-order valence-electron chi connectivity index (χ1n) is 4.75. The first kappa shape index (κ1) is 12.3. The second kappa shape index (κ2) is 5.35. The van der Waals surface area contributed by atoms with Crippen LogP contribution in [0, 0.1) is 6.92 Å². The minimum Gasteiger partial charge on any atom is -0.384 e. The first-order chi connectivity index (χ1) is 7.03. The molecule has 0 saturated carbocycles. The van der Waals surface area contributed by atoms with Gasteiger partial charge in [-0.15, -0.1) is 6.58 Å². The molecule has 0 spiro atoms. The molecule has 1 N–H and O–H groups in total. The van der Waals surface area contributed by atoms with Crippen LogP contribution < -0.4 is 0 Å². The summed E-state index contributed by atoms with van der Waals surface area (Å²) in [5, 5.41) is 9.59. The Hall–Kier alpha value is -0.770. The molecule has 0 aromatic heterocycles. The number of rotatable bonds is 5. The third-order valence-electron chi connectivity index (χ3n) is 1.97. The van der Waals surface area contributed by atoms with Gasteiger partial charge in [0.1, 0.15) is 5.60 Å². The average molecular weight is 224 g/mol. The van der Waals surface area contributed by atoms with Gasteiger partial charge in [-0.1, -0.05) is 23.8 Å². The Bertz CT molecular complexity index is 317. The minimum atomic E-state index is -0.961. The van der Waals surface area contributed by atoms with Gasteiger partial charge in [0, 0.05) is 16.9 Å². The molecule has 1 atom stereocenters. The fourth-order valence-corrected chi connectivity index (χ4v) is 1.55. The quantitative estimate of drug-likeness (QED) is 0.616. The largest absolute Gasteiger partial charge is 0.384 e. The van der Waals surface area contributed by atoms with Crippen LogP contribution in [0.2, 0.25) is 0 Å². The zero-order valence-corrected chi connectivity index (χ0v) is 9.88. The van der Waals surface area contributed by atoms with Crippen molar-refractivity contribution in [2.24, 2.45) is 0 Å². The highest BCUT2D eigenvalue weighted by molar-refractivity contribution is 7.94. The maximum absolute atomic E-state index is 9.59. The van der Waals surface area contributed by atoms with Crippen molar-refractivity contribution in [2.45, 2.75) is 24.3 Å². The Morgan fingerprint density at radius 3 is 2.60 bits per heavy atom. The predicted molar refractivity (Wildman–Crippen MR) is 63.8 cm³/mol. The standard InChI is InChI=1S/C12H16O2S/c1-4-12(3,13)9-14-15-11-7-5-10(2)6-8-11/h4-8,13H,1,9H2,2-3H3/t12-/m1/s1. The van der Waals surface area contributed by atoms with Crippen molar-refractivity contribution in [1.29, 1.82) is 0 Å². The first-order valence-corrected chi connectivity index (χ1v) is 5.50. The van der Waals surface area contributed by atoms with E-state index in [1.54, 1.807) is 6.92 Å². The van der Waals surface area contributed by atoms with Gasteiger partial charge in [0.15, 0.2) is 0 Å². The topological polar surface area (TPSA) is 29.5 Å². The van der Waals surface area contributed by atoms with Crippen molar-refractivity contribution >= 4 is 12.0 Å². The second-order valence-corrected chi connectivity index (χ2v) is 4.59. The lowest BCUT2D eigenvalue weighted by Crippen LogP contribution is -2.26. The maximum atomic E-state index is 9.59. The summed E-state index contributed by atoms with van der Waals surface area (Å²) in [4.78, 5) is 1.03. The number of hydrogen-bond donors (Lipinski definition) is 1. The zero-order chi connectivity index (χ0) is 11.3. The predicted octanol–water partition coefficient (Wildman–Crippen LogP) is 2.96. The van der Waals surface area contributed by atoms with E-state index in [0.717, 1.165) is 4.90 Å². The van der Waals surface area contributed by atoms with E-state index in [-0.39, 0.29) is 6.61 Å². The molecule has 3 heteroatoms. The van der Waals surface area contributed by atoms with E-state index < -0.39 is 5.60 Å². The van der Waals surface area contributed by atoms with Crippen LogP contribution in [-0.2, 0) is 4.18 Å². The Morgan fingerprint density at radius 2 is 2.07 bits per heavy atom. The second-order valence-electron chi connectivity index (χ2n) is 3.72. The molecule has 0 aliphatic rings. The Balaban J connectivity index is 2.38. The van der Waals surface area contributed by atoms with Crippen LogP contribution in [0.5, 0.6) is 0 Å². The fourth-order valence-electron chi connectivity index (χ4n) is 0.870. The molecule has 0 aliphatic heterocycles. The molecule has 0 fully saturated rings. The van der Waals surface area contributed by atoms with Crippen LogP contribution >= 0.6 is 12.0 Å². The van der Waals surface area contributed by atoms with Crippen LogP contribution in [0.15, 0.2) is 41.8 Å². The van der Waals surface area contributed by atoms with Crippen LogP contribution in [0.1, 0.15) is 12.5 Å². The fraction of sp³-hybridized carbons (Fsp3) is 0.333. The lowest BCUT2D eigenvalue weighted by Gasteiger charge is -2.17.